The average molecular weight is 238 g/mol. The van der Waals surface area contributed by atoms with E-state index in [-0.39, 0.29) is 17.3 Å². The summed E-state index contributed by atoms with van der Waals surface area (Å²) in [7, 11) is 0. The molecule has 7 nitrogen and oxygen atoms in total. The van der Waals surface area contributed by atoms with Gasteiger partial charge in [0.2, 0.25) is 5.56 Å². The Kier molecular flexibility index (Phi) is 4.74. The zero-order valence-electron chi connectivity index (χ0n) is 9.14. The summed E-state index contributed by atoms with van der Waals surface area (Å²) in [6, 6.07) is 2.73. The summed E-state index contributed by atoms with van der Waals surface area (Å²) in [4.78, 5) is 24.7. The van der Waals surface area contributed by atoms with Crippen LogP contribution in [-0.2, 0) is 0 Å². The monoisotopic (exact) mass is 238 g/mol. The smallest absolute Gasteiger partial charge is 0.252 e. The number of hydrogen-bond acceptors (Lipinski definition) is 4. The summed E-state index contributed by atoms with van der Waals surface area (Å²) in [6.07, 6.45) is 2.33. The van der Waals surface area contributed by atoms with Crippen LogP contribution in [0.5, 0.6) is 0 Å². The Morgan fingerprint density at radius 2 is 2.29 bits per heavy atom. The third-order valence-corrected chi connectivity index (χ3v) is 2.07. The molecule has 0 fully saturated rings. The largest absolute Gasteiger partial charge is 0.409 e. The van der Waals surface area contributed by atoms with E-state index in [9.17, 15) is 9.59 Å². The van der Waals surface area contributed by atoms with Crippen LogP contribution in [-0.4, -0.2) is 28.5 Å². The molecule has 0 bridgehead atoms. The second kappa shape index (κ2) is 6.31. The van der Waals surface area contributed by atoms with E-state index < -0.39 is 0 Å². The highest BCUT2D eigenvalue weighted by Crippen LogP contribution is 1.93. The quantitative estimate of drug-likeness (QED) is 0.184. The van der Waals surface area contributed by atoms with Crippen molar-refractivity contribution in [2.45, 2.75) is 12.8 Å². The first-order chi connectivity index (χ1) is 8.13. The number of carbonyl (C=O) groups excluding carboxylic acids is 1. The van der Waals surface area contributed by atoms with Gasteiger partial charge in [0.05, 0.1) is 5.56 Å². The number of nitrogens with one attached hydrogen (secondary N) is 2. The second-order valence-electron chi connectivity index (χ2n) is 3.39. The molecule has 7 heteroatoms. The first kappa shape index (κ1) is 12.8. The zero-order chi connectivity index (χ0) is 12.7. The van der Waals surface area contributed by atoms with Crippen molar-refractivity contribution in [2.24, 2.45) is 10.9 Å². The summed E-state index contributed by atoms with van der Waals surface area (Å²) in [5.41, 5.74) is 5.39. The van der Waals surface area contributed by atoms with Crippen molar-refractivity contribution in [2.75, 3.05) is 6.54 Å². The summed E-state index contributed by atoms with van der Waals surface area (Å²) >= 11 is 0. The molecule has 92 valence electrons. The van der Waals surface area contributed by atoms with Gasteiger partial charge in [-0.15, -0.1) is 0 Å². The van der Waals surface area contributed by atoms with Gasteiger partial charge in [-0.2, -0.15) is 0 Å². The minimum Gasteiger partial charge on any atom is -0.409 e. The number of carbonyl (C=O) groups is 1. The molecule has 0 atom stereocenters. The fourth-order valence-electron chi connectivity index (χ4n) is 1.18. The molecule has 0 aliphatic heterocycles. The zero-order valence-corrected chi connectivity index (χ0v) is 9.14. The number of amides is 1. The van der Waals surface area contributed by atoms with Gasteiger partial charge in [-0.05, 0) is 12.5 Å². The van der Waals surface area contributed by atoms with Crippen LogP contribution in [0, 0.1) is 0 Å². The van der Waals surface area contributed by atoms with Crippen molar-refractivity contribution < 1.29 is 10.0 Å². The first-order valence-corrected chi connectivity index (χ1v) is 5.07. The third kappa shape index (κ3) is 4.37. The molecule has 0 spiro atoms. The van der Waals surface area contributed by atoms with Gasteiger partial charge in [-0.1, -0.05) is 5.16 Å². The van der Waals surface area contributed by atoms with Gasteiger partial charge in [0.1, 0.15) is 5.84 Å². The number of aromatic amines is 1. The molecule has 17 heavy (non-hydrogen) atoms. The van der Waals surface area contributed by atoms with Gasteiger partial charge in [0, 0.05) is 25.2 Å². The van der Waals surface area contributed by atoms with Gasteiger partial charge in [0.25, 0.3) is 5.91 Å². The molecule has 1 aromatic rings. The van der Waals surface area contributed by atoms with Crippen molar-refractivity contribution >= 4 is 11.7 Å². The molecule has 0 aromatic carbocycles. The maximum Gasteiger partial charge on any atom is 0.252 e. The van der Waals surface area contributed by atoms with E-state index in [1.807, 2.05) is 0 Å². The predicted molar refractivity (Wildman–Crippen MR) is 62.0 cm³/mol. The van der Waals surface area contributed by atoms with Crippen LogP contribution in [0.15, 0.2) is 28.3 Å². The van der Waals surface area contributed by atoms with Gasteiger partial charge >= 0.3 is 0 Å². The van der Waals surface area contributed by atoms with E-state index >= 15 is 0 Å². The van der Waals surface area contributed by atoms with E-state index in [0.29, 0.717) is 24.9 Å². The number of nitrogens with zero attached hydrogens (tertiary/aromatic N) is 1. The molecule has 0 unspecified atom stereocenters. The van der Waals surface area contributed by atoms with E-state index in [1.165, 1.54) is 18.3 Å². The van der Waals surface area contributed by atoms with Crippen LogP contribution >= 0.6 is 0 Å². The van der Waals surface area contributed by atoms with Crippen molar-refractivity contribution in [3.05, 3.63) is 34.2 Å². The number of nitrogens with two attached hydrogens (primary N) is 1. The van der Waals surface area contributed by atoms with Gasteiger partial charge in [-0.3, -0.25) is 9.59 Å². The topological polar surface area (TPSA) is 121 Å². The highest BCUT2D eigenvalue weighted by Gasteiger charge is 2.04. The second-order valence-corrected chi connectivity index (χ2v) is 3.39. The Balaban J connectivity index is 2.35. The standard InChI is InChI=1S/C10H14N4O3/c11-8(14-17)2-1-5-12-10(16)7-3-4-9(15)13-6-7/h3-4,6,17H,1-2,5H2,(H2,11,14)(H,12,16)(H,13,15). The van der Waals surface area contributed by atoms with E-state index in [1.54, 1.807) is 0 Å². The third-order valence-electron chi connectivity index (χ3n) is 2.07. The predicted octanol–water partition coefficient (Wildman–Crippen LogP) is -0.369. The van der Waals surface area contributed by atoms with Gasteiger partial charge < -0.3 is 21.2 Å². The Labute approximate surface area is 97.3 Å². The molecular weight excluding hydrogens is 224 g/mol. The maximum atomic E-state index is 11.5. The Morgan fingerprint density at radius 3 is 2.88 bits per heavy atom. The summed E-state index contributed by atoms with van der Waals surface area (Å²) in [5, 5.41) is 13.7. The summed E-state index contributed by atoms with van der Waals surface area (Å²) in [5.74, 6) is -0.149. The summed E-state index contributed by atoms with van der Waals surface area (Å²) < 4.78 is 0. The SMILES string of the molecule is N/C(CCCNC(=O)c1ccc(=O)[nH]c1)=N/O. The van der Waals surface area contributed by atoms with E-state index in [4.69, 9.17) is 10.9 Å². The molecule has 1 aromatic heterocycles. The van der Waals surface area contributed by atoms with Crippen molar-refractivity contribution in [1.82, 2.24) is 10.3 Å². The lowest BCUT2D eigenvalue weighted by molar-refractivity contribution is 0.0953. The lowest BCUT2D eigenvalue weighted by Gasteiger charge is -2.04. The van der Waals surface area contributed by atoms with Crippen molar-refractivity contribution in [3.63, 3.8) is 0 Å². The molecular formula is C10H14N4O3. The van der Waals surface area contributed by atoms with Crippen LogP contribution in [0.25, 0.3) is 0 Å². The Bertz CT molecular complexity index is 446. The number of rotatable bonds is 5. The number of pyridine rings is 1. The van der Waals surface area contributed by atoms with Crippen LogP contribution in [0.1, 0.15) is 23.2 Å². The number of oxime groups is 1. The minimum absolute atomic E-state index is 0.128. The highest BCUT2D eigenvalue weighted by molar-refractivity contribution is 5.93. The lowest BCUT2D eigenvalue weighted by atomic mass is 10.2. The number of aromatic nitrogens is 1. The Morgan fingerprint density at radius 1 is 1.53 bits per heavy atom. The average Bonchev–Trinajstić information content (AvgIpc) is 2.34. The number of amidine groups is 1. The maximum absolute atomic E-state index is 11.5. The highest BCUT2D eigenvalue weighted by atomic mass is 16.4. The lowest BCUT2D eigenvalue weighted by Crippen LogP contribution is -2.26. The van der Waals surface area contributed by atoms with Crippen LogP contribution < -0.4 is 16.6 Å². The van der Waals surface area contributed by atoms with E-state index in [0.717, 1.165) is 0 Å². The molecule has 1 amide bonds. The fourth-order valence-corrected chi connectivity index (χ4v) is 1.18. The molecule has 5 N–H and O–H groups in total. The van der Waals surface area contributed by atoms with Crippen molar-refractivity contribution in [3.8, 4) is 0 Å². The van der Waals surface area contributed by atoms with Crippen LogP contribution in [0.2, 0.25) is 0 Å². The fraction of sp³-hybridized carbons (Fsp3) is 0.300. The number of H-pyrrole nitrogens is 1. The first-order valence-electron chi connectivity index (χ1n) is 5.07. The molecule has 1 heterocycles. The van der Waals surface area contributed by atoms with Crippen LogP contribution in [0.3, 0.4) is 0 Å². The normalized spacial score (nSPS) is 11.2. The van der Waals surface area contributed by atoms with E-state index in [2.05, 4.69) is 15.5 Å². The molecule has 0 aliphatic carbocycles. The van der Waals surface area contributed by atoms with Gasteiger partial charge in [0.15, 0.2) is 0 Å². The minimum atomic E-state index is -0.277. The van der Waals surface area contributed by atoms with Gasteiger partial charge in [-0.25, -0.2) is 0 Å². The number of hydrogen-bond donors (Lipinski definition) is 4. The summed E-state index contributed by atoms with van der Waals surface area (Å²) in [6.45, 7) is 0.411. The molecule has 0 saturated heterocycles. The van der Waals surface area contributed by atoms with Crippen LogP contribution in [0.4, 0.5) is 0 Å². The van der Waals surface area contributed by atoms with Crippen molar-refractivity contribution in [1.29, 1.82) is 0 Å². The molecule has 1 rings (SSSR count). The Hall–Kier alpha value is -2.31. The molecule has 0 radical (unpaired) electrons. The molecule has 0 saturated carbocycles. The molecule has 0 aliphatic rings.